The Morgan fingerprint density at radius 1 is 1.33 bits per heavy atom. The van der Waals surface area contributed by atoms with E-state index in [2.05, 4.69) is 55.9 Å². The van der Waals surface area contributed by atoms with E-state index in [1.54, 1.807) is 0 Å². The summed E-state index contributed by atoms with van der Waals surface area (Å²) in [6.07, 6.45) is 1.17. The molecule has 4 nitrogen and oxygen atoms in total. The summed E-state index contributed by atoms with van der Waals surface area (Å²) in [4.78, 5) is 9.75. The standard InChI is InChI=1S/C17H30N4/c1-6-7-18-11-16-13(2)10-14(3)19-17(16)21-9-8-20(5)15(4)12-21/h10,15,18H,6-9,11-12H2,1-5H3. The number of nitrogens with one attached hydrogen (secondary N) is 1. The fourth-order valence-corrected chi connectivity index (χ4v) is 2.95. The molecular weight excluding hydrogens is 260 g/mol. The van der Waals surface area contributed by atoms with Crippen LogP contribution in [0, 0.1) is 13.8 Å². The number of anilines is 1. The van der Waals surface area contributed by atoms with Gasteiger partial charge in [-0.05, 0) is 52.4 Å². The Bertz CT molecular complexity index is 472. The Labute approximate surface area is 129 Å². The van der Waals surface area contributed by atoms with Gasteiger partial charge >= 0.3 is 0 Å². The second-order valence-electron chi connectivity index (χ2n) is 6.34. The Hall–Kier alpha value is -1.13. The zero-order valence-corrected chi connectivity index (χ0v) is 14.2. The summed E-state index contributed by atoms with van der Waals surface area (Å²) in [5.74, 6) is 1.19. The van der Waals surface area contributed by atoms with Crippen LogP contribution < -0.4 is 10.2 Å². The summed E-state index contributed by atoms with van der Waals surface area (Å²) in [5.41, 5.74) is 3.84. The van der Waals surface area contributed by atoms with Crippen molar-refractivity contribution in [2.45, 2.75) is 46.7 Å². The molecule has 1 saturated heterocycles. The molecule has 2 heterocycles. The number of piperazine rings is 1. The third-order valence-corrected chi connectivity index (χ3v) is 4.44. The number of likely N-dealkylation sites (N-methyl/N-ethyl adjacent to an activating group) is 1. The van der Waals surface area contributed by atoms with E-state index in [0.29, 0.717) is 6.04 Å². The van der Waals surface area contributed by atoms with Gasteiger partial charge in [0.25, 0.3) is 0 Å². The molecule has 0 amide bonds. The molecule has 118 valence electrons. The van der Waals surface area contributed by atoms with E-state index in [1.807, 2.05) is 0 Å². The molecule has 0 bridgehead atoms. The number of aryl methyl sites for hydroxylation is 2. The van der Waals surface area contributed by atoms with Gasteiger partial charge in [-0.25, -0.2) is 4.98 Å². The molecule has 2 rings (SSSR count). The van der Waals surface area contributed by atoms with Gasteiger partial charge < -0.3 is 15.1 Å². The van der Waals surface area contributed by atoms with Crippen molar-refractivity contribution in [3.8, 4) is 0 Å². The molecule has 0 aliphatic carbocycles. The highest BCUT2D eigenvalue weighted by Crippen LogP contribution is 2.24. The highest BCUT2D eigenvalue weighted by molar-refractivity contribution is 5.52. The monoisotopic (exact) mass is 290 g/mol. The molecular formula is C17H30N4. The van der Waals surface area contributed by atoms with Gasteiger partial charge in [-0.1, -0.05) is 6.92 Å². The summed E-state index contributed by atoms with van der Waals surface area (Å²) < 4.78 is 0. The summed E-state index contributed by atoms with van der Waals surface area (Å²) >= 11 is 0. The Balaban J connectivity index is 2.24. The minimum Gasteiger partial charge on any atom is -0.353 e. The number of pyridine rings is 1. The average Bonchev–Trinajstić information content (AvgIpc) is 2.44. The SMILES string of the molecule is CCCNCc1c(C)cc(C)nc1N1CCN(C)C(C)C1. The molecule has 1 unspecified atom stereocenters. The Morgan fingerprint density at radius 2 is 2.10 bits per heavy atom. The molecule has 0 radical (unpaired) electrons. The van der Waals surface area contributed by atoms with Gasteiger partial charge in [0.2, 0.25) is 0 Å². The molecule has 0 saturated carbocycles. The number of rotatable bonds is 5. The van der Waals surface area contributed by atoms with Gasteiger partial charge in [0.1, 0.15) is 5.82 Å². The smallest absolute Gasteiger partial charge is 0.133 e. The lowest BCUT2D eigenvalue weighted by molar-refractivity contribution is 0.233. The molecule has 21 heavy (non-hydrogen) atoms. The highest BCUT2D eigenvalue weighted by atomic mass is 15.3. The largest absolute Gasteiger partial charge is 0.353 e. The zero-order chi connectivity index (χ0) is 15.4. The lowest BCUT2D eigenvalue weighted by atomic mass is 10.1. The van der Waals surface area contributed by atoms with Crippen molar-refractivity contribution >= 4 is 5.82 Å². The molecule has 1 aromatic heterocycles. The normalized spacial score (nSPS) is 20.0. The average molecular weight is 290 g/mol. The molecule has 1 aliphatic rings. The number of hydrogen-bond acceptors (Lipinski definition) is 4. The summed E-state index contributed by atoms with van der Waals surface area (Å²) in [6.45, 7) is 14.0. The molecule has 1 fully saturated rings. The van der Waals surface area contributed by atoms with Crippen LogP contribution in [-0.4, -0.2) is 49.2 Å². The van der Waals surface area contributed by atoms with Gasteiger partial charge in [-0.2, -0.15) is 0 Å². The third kappa shape index (κ3) is 3.95. The second kappa shape index (κ2) is 7.23. The molecule has 0 aromatic carbocycles. The van der Waals surface area contributed by atoms with Crippen LogP contribution in [-0.2, 0) is 6.54 Å². The van der Waals surface area contributed by atoms with E-state index < -0.39 is 0 Å². The first-order valence-electron chi connectivity index (χ1n) is 8.16. The van der Waals surface area contributed by atoms with E-state index in [-0.39, 0.29) is 0 Å². The molecule has 1 aromatic rings. The van der Waals surface area contributed by atoms with Crippen LogP contribution in [0.15, 0.2) is 6.07 Å². The van der Waals surface area contributed by atoms with Crippen molar-refractivity contribution in [2.24, 2.45) is 0 Å². The first kappa shape index (κ1) is 16.2. The Morgan fingerprint density at radius 3 is 2.76 bits per heavy atom. The van der Waals surface area contributed by atoms with E-state index in [0.717, 1.165) is 38.4 Å². The number of aromatic nitrogens is 1. The molecule has 1 atom stereocenters. The summed E-state index contributed by atoms with van der Waals surface area (Å²) in [7, 11) is 2.21. The van der Waals surface area contributed by atoms with Crippen LogP contribution in [0.25, 0.3) is 0 Å². The minimum atomic E-state index is 0.581. The van der Waals surface area contributed by atoms with Gasteiger partial charge in [-0.3, -0.25) is 0 Å². The van der Waals surface area contributed by atoms with Gasteiger partial charge in [0.15, 0.2) is 0 Å². The predicted molar refractivity (Wildman–Crippen MR) is 90.0 cm³/mol. The van der Waals surface area contributed by atoms with Crippen molar-refractivity contribution in [3.05, 3.63) is 22.9 Å². The summed E-state index contributed by atoms with van der Waals surface area (Å²) in [6, 6.07) is 2.78. The molecule has 1 N–H and O–H groups in total. The maximum Gasteiger partial charge on any atom is 0.133 e. The van der Waals surface area contributed by atoms with Gasteiger partial charge in [0.05, 0.1) is 0 Å². The lowest BCUT2D eigenvalue weighted by Gasteiger charge is -2.39. The van der Waals surface area contributed by atoms with E-state index in [9.17, 15) is 0 Å². The predicted octanol–water partition coefficient (Wildman–Crippen LogP) is 2.34. The minimum absolute atomic E-state index is 0.581. The third-order valence-electron chi connectivity index (χ3n) is 4.44. The van der Waals surface area contributed by atoms with Crippen LogP contribution in [0.3, 0.4) is 0 Å². The van der Waals surface area contributed by atoms with Crippen molar-refractivity contribution in [1.82, 2.24) is 15.2 Å². The topological polar surface area (TPSA) is 31.4 Å². The Kier molecular flexibility index (Phi) is 5.59. The molecule has 4 heteroatoms. The molecule has 1 aliphatic heterocycles. The van der Waals surface area contributed by atoms with E-state index >= 15 is 0 Å². The van der Waals surface area contributed by atoms with Crippen molar-refractivity contribution in [2.75, 3.05) is 38.1 Å². The highest BCUT2D eigenvalue weighted by Gasteiger charge is 2.24. The number of nitrogens with zero attached hydrogens (tertiary/aromatic N) is 3. The maximum atomic E-state index is 4.86. The maximum absolute atomic E-state index is 4.86. The van der Waals surface area contributed by atoms with Crippen LogP contribution in [0.4, 0.5) is 5.82 Å². The molecule has 0 spiro atoms. The second-order valence-corrected chi connectivity index (χ2v) is 6.34. The van der Waals surface area contributed by atoms with Crippen molar-refractivity contribution in [3.63, 3.8) is 0 Å². The quantitative estimate of drug-likeness (QED) is 0.844. The summed E-state index contributed by atoms with van der Waals surface area (Å²) in [5, 5.41) is 3.53. The van der Waals surface area contributed by atoms with Gasteiger partial charge in [-0.15, -0.1) is 0 Å². The first-order chi connectivity index (χ1) is 10.0. The van der Waals surface area contributed by atoms with Crippen LogP contribution in [0.5, 0.6) is 0 Å². The zero-order valence-electron chi connectivity index (χ0n) is 14.2. The van der Waals surface area contributed by atoms with Crippen LogP contribution >= 0.6 is 0 Å². The number of hydrogen-bond donors (Lipinski definition) is 1. The van der Waals surface area contributed by atoms with Crippen LogP contribution in [0.2, 0.25) is 0 Å². The van der Waals surface area contributed by atoms with Crippen LogP contribution in [0.1, 0.15) is 37.1 Å². The van der Waals surface area contributed by atoms with Crippen molar-refractivity contribution < 1.29 is 0 Å². The van der Waals surface area contributed by atoms with Crippen molar-refractivity contribution in [1.29, 1.82) is 0 Å². The first-order valence-corrected chi connectivity index (χ1v) is 8.16. The van der Waals surface area contributed by atoms with Gasteiger partial charge in [0, 0.05) is 43.5 Å². The fourth-order valence-electron chi connectivity index (χ4n) is 2.95. The van der Waals surface area contributed by atoms with E-state index in [1.165, 1.54) is 23.4 Å². The lowest BCUT2D eigenvalue weighted by Crippen LogP contribution is -2.50. The van der Waals surface area contributed by atoms with E-state index in [4.69, 9.17) is 4.98 Å². The fraction of sp³-hybridized carbons (Fsp3) is 0.706.